The fourth-order valence-corrected chi connectivity index (χ4v) is 1.79. The van der Waals surface area contributed by atoms with Crippen molar-refractivity contribution in [1.29, 1.82) is 0 Å². The van der Waals surface area contributed by atoms with E-state index in [0.717, 1.165) is 6.42 Å². The number of allylic oxidation sites excluding steroid dienone is 1. The summed E-state index contributed by atoms with van der Waals surface area (Å²) in [6.07, 6.45) is 3.11. The van der Waals surface area contributed by atoms with Gasteiger partial charge in [0.05, 0.1) is 0 Å². The van der Waals surface area contributed by atoms with Crippen molar-refractivity contribution in [2.75, 3.05) is 6.26 Å². The number of benzene rings is 1. The zero-order valence-electron chi connectivity index (χ0n) is 7.63. The molecule has 0 amide bonds. The van der Waals surface area contributed by atoms with E-state index in [0.29, 0.717) is 0 Å². The second-order valence-corrected chi connectivity index (χ2v) is 3.79. The molecule has 0 fully saturated rings. The fourth-order valence-electron chi connectivity index (χ4n) is 1.17. The molecule has 1 aromatic rings. The van der Waals surface area contributed by atoms with Crippen molar-refractivity contribution in [2.45, 2.75) is 18.2 Å². The molecule has 0 aromatic heterocycles. The minimum absolute atomic E-state index is 0.997. The normalized spacial score (nSPS) is 9.83. The van der Waals surface area contributed by atoms with Crippen molar-refractivity contribution in [3.8, 4) is 0 Å². The van der Waals surface area contributed by atoms with E-state index in [4.69, 9.17) is 0 Å². The van der Waals surface area contributed by atoms with Crippen LogP contribution in [0, 0.1) is 0 Å². The van der Waals surface area contributed by atoms with E-state index in [9.17, 15) is 0 Å². The first-order valence-corrected chi connectivity index (χ1v) is 5.23. The Morgan fingerprint density at radius 1 is 1.42 bits per heavy atom. The summed E-state index contributed by atoms with van der Waals surface area (Å²) < 4.78 is 0. The molecular weight excluding hydrogens is 164 g/mol. The first-order chi connectivity index (χ1) is 5.74. The first kappa shape index (κ1) is 9.40. The molecule has 0 aliphatic heterocycles. The highest BCUT2D eigenvalue weighted by molar-refractivity contribution is 7.98. The molecule has 0 N–H and O–H groups in total. The van der Waals surface area contributed by atoms with Crippen LogP contribution in [0.4, 0.5) is 0 Å². The first-order valence-electron chi connectivity index (χ1n) is 4.00. The van der Waals surface area contributed by atoms with Gasteiger partial charge in [-0.1, -0.05) is 30.4 Å². The molecule has 64 valence electrons. The summed E-state index contributed by atoms with van der Waals surface area (Å²) in [6, 6.07) is 8.48. The maximum atomic E-state index is 3.92. The molecule has 0 heterocycles. The summed E-state index contributed by atoms with van der Waals surface area (Å²) in [7, 11) is 0. The number of hydrogen-bond donors (Lipinski definition) is 0. The van der Waals surface area contributed by atoms with Gasteiger partial charge in [-0.25, -0.2) is 0 Å². The molecule has 0 unspecified atom stereocenters. The number of hydrogen-bond acceptors (Lipinski definition) is 1. The van der Waals surface area contributed by atoms with E-state index < -0.39 is 0 Å². The van der Waals surface area contributed by atoms with Gasteiger partial charge in [-0.15, -0.1) is 11.8 Å². The maximum Gasteiger partial charge on any atom is 0.0104 e. The van der Waals surface area contributed by atoms with Crippen LogP contribution >= 0.6 is 11.8 Å². The third-order valence-electron chi connectivity index (χ3n) is 1.68. The van der Waals surface area contributed by atoms with Crippen LogP contribution in [0.1, 0.15) is 12.5 Å². The Bertz CT molecular complexity index is 276. The number of thioether (sulfide) groups is 1. The van der Waals surface area contributed by atoms with E-state index in [-0.39, 0.29) is 0 Å². The van der Waals surface area contributed by atoms with E-state index in [1.54, 1.807) is 11.8 Å². The van der Waals surface area contributed by atoms with Crippen molar-refractivity contribution >= 4 is 11.8 Å². The molecule has 12 heavy (non-hydrogen) atoms. The van der Waals surface area contributed by atoms with Crippen LogP contribution in [0.2, 0.25) is 0 Å². The molecule has 0 nitrogen and oxygen atoms in total. The summed E-state index contributed by atoms with van der Waals surface area (Å²) >= 11 is 1.80. The van der Waals surface area contributed by atoms with Gasteiger partial charge in [0.15, 0.2) is 0 Å². The number of rotatable bonds is 3. The van der Waals surface area contributed by atoms with Gasteiger partial charge in [-0.05, 0) is 31.2 Å². The van der Waals surface area contributed by atoms with Crippen LogP contribution in [0.15, 0.2) is 41.3 Å². The van der Waals surface area contributed by atoms with Crippen LogP contribution < -0.4 is 0 Å². The van der Waals surface area contributed by atoms with Gasteiger partial charge in [0.1, 0.15) is 0 Å². The lowest BCUT2D eigenvalue weighted by Gasteiger charge is -2.05. The molecule has 1 heteroatoms. The Kier molecular flexibility index (Phi) is 3.42. The highest BCUT2D eigenvalue weighted by atomic mass is 32.2. The van der Waals surface area contributed by atoms with Crippen LogP contribution in [0.5, 0.6) is 0 Å². The average Bonchev–Trinajstić information content (AvgIpc) is 2.04. The molecule has 1 aromatic carbocycles. The van der Waals surface area contributed by atoms with Crippen molar-refractivity contribution in [3.63, 3.8) is 0 Å². The van der Waals surface area contributed by atoms with Crippen molar-refractivity contribution in [1.82, 2.24) is 0 Å². The van der Waals surface area contributed by atoms with Gasteiger partial charge in [0, 0.05) is 4.90 Å². The Balaban J connectivity index is 2.89. The predicted molar refractivity (Wildman–Crippen MR) is 56.7 cm³/mol. The van der Waals surface area contributed by atoms with E-state index in [2.05, 4.69) is 44.0 Å². The fraction of sp³-hybridized carbons (Fsp3) is 0.273. The molecule has 0 atom stereocenters. The lowest BCUT2D eigenvalue weighted by atomic mass is 10.1. The Morgan fingerprint density at radius 3 is 2.67 bits per heavy atom. The minimum Gasteiger partial charge on any atom is -0.129 e. The highest BCUT2D eigenvalue weighted by Gasteiger charge is 1.98. The Morgan fingerprint density at radius 2 is 2.08 bits per heavy atom. The summed E-state index contributed by atoms with van der Waals surface area (Å²) in [5.41, 5.74) is 2.61. The zero-order valence-corrected chi connectivity index (χ0v) is 8.45. The average molecular weight is 178 g/mol. The van der Waals surface area contributed by atoms with Gasteiger partial charge in [-0.2, -0.15) is 0 Å². The lowest BCUT2D eigenvalue weighted by molar-refractivity contribution is 1.10. The molecule has 0 radical (unpaired) electrons. The van der Waals surface area contributed by atoms with Crippen LogP contribution in [-0.4, -0.2) is 6.26 Å². The van der Waals surface area contributed by atoms with Gasteiger partial charge in [-0.3, -0.25) is 0 Å². The smallest absolute Gasteiger partial charge is 0.0104 e. The minimum atomic E-state index is 0.997. The molecule has 0 spiro atoms. The monoisotopic (exact) mass is 178 g/mol. The van der Waals surface area contributed by atoms with Crippen molar-refractivity contribution < 1.29 is 0 Å². The van der Waals surface area contributed by atoms with Crippen molar-refractivity contribution in [3.05, 3.63) is 42.0 Å². The second kappa shape index (κ2) is 4.36. The van der Waals surface area contributed by atoms with Gasteiger partial charge >= 0.3 is 0 Å². The summed E-state index contributed by atoms with van der Waals surface area (Å²) in [4.78, 5) is 1.36. The highest BCUT2D eigenvalue weighted by Crippen LogP contribution is 2.21. The van der Waals surface area contributed by atoms with Crippen LogP contribution in [-0.2, 0) is 6.42 Å². The molecule has 0 aliphatic rings. The lowest BCUT2D eigenvalue weighted by Crippen LogP contribution is -1.87. The molecule has 0 aliphatic carbocycles. The zero-order chi connectivity index (χ0) is 8.97. The summed E-state index contributed by atoms with van der Waals surface area (Å²) in [6.45, 7) is 5.98. The second-order valence-electron chi connectivity index (χ2n) is 2.95. The largest absolute Gasteiger partial charge is 0.129 e. The quantitative estimate of drug-likeness (QED) is 0.504. The topological polar surface area (TPSA) is 0 Å². The van der Waals surface area contributed by atoms with Crippen LogP contribution in [0.25, 0.3) is 0 Å². The van der Waals surface area contributed by atoms with E-state index >= 15 is 0 Å². The Hall–Kier alpha value is -0.690. The molecule has 0 bridgehead atoms. The molecule has 0 saturated carbocycles. The summed E-state index contributed by atoms with van der Waals surface area (Å²) in [5, 5.41) is 0. The molecule has 0 saturated heterocycles. The van der Waals surface area contributed by atoms with E-state index in [1.165, 1.54) is 16.0 Å². The SMILES string of the molecule is C=C(C)Cc1ccccc1SC. The van der Waals surface area contributed by atoms with Gasteiger partial charge < -0.3 is 0 Å². The Labute approximate surface area is 78.7 Å². The maximum absolute atomic E-state index is 3.92. The summed E-state index contributed by atoms with van der Waals surface area (Å²) in [5.74, 6) is 0. The van der Waals surface area contributed by atoms with Crippen LogP contribution in [0.3, 0.4) is 0 Å². The standard InChI is InChI=1S/C11H14S/c1-9(2)8-10-6-4-5-7-11(10)12-3/h4-7H,1,8H2,2-3H3. The predicted octanol–water partition coefficient (Wildman–Crippen LogP) is 3.53. The van der Waals surface area contributed by atoms with Gasteiger partial charge in [0.25, 0.3) is 0 Å². The molecule has 1 rings (SSSR count). The third-order valence-corrected chi connectivity index (χ3v) is 2.52. The van der Waals surface area contributed by atoms with Gasteiger partial charge in [0.2, 0.25) is 0 Å². The van der Waals surface area contributed by atoms with E-state index in [1.807, 2.05) is 0 Å². The third kappa shape index (κ3) is 2.42. The van der Waals surface area contributed by atoms with Crippen molar-refractivity contribution in [2.24, 2.45) is 0 Å². The molecular formula is C11H14S.